The lowest BCUT2D eigenvalue weighted by Crippen LogP contribution is -2.25. The molecule has 0 unspecified atom stereocenters. The Hall–Kier alpha value is -3.10. The molecule has 0 aromatic heterocycles. The lowest BCUT2D eigenvalue weighted by atomic mass is 9.98. The summed E-state index contributed by atoms with van der Waals surface area (Å²) in [5.41, 5.74) is 5.62. The van der Waals surface area contributed by atoms with Gasteiger partial charge in [-0.2, -0.15) is 0 Å². The van der Waals surface area contributed by atoms with Gasteiger partial charge in [-0.15, -0.1) is 0 Å². The summed E-state index contributed by atoms with van der Waals surface area (Å²) in [5, 5.41) is 0.674. The number of carbonyl (C=O) groups excluding carboxylic acids is 1. The van der Waals surface area contributed by atoms with E-state index >= 15 is 0 Å². The van der Waals surface area contributed by atoms with Gasteiger partial charge in [0.25, 0.3) is 5.91 Å². The van der Waals surface area contributed by atoms with Gasteiger partial charge in [-0.3, -0.25) is 9.69 Å². The minimum atomic E-state index is -0.0277. The van der Waals surface area contributed by atoms with Crippen LogP contribution in [-0.2, 0) is 4.79 Å². The third kappa shape index (κ3) is 4.10. The number of hydrogen-bond acceptors (Lipinski definition) is 1. The van der Waals surface area contributed by atoms with Crippen molar-refractivity contribution in [2.24, 2.45) is 0 Å². The average molecular weight is 414 g/mol. The zero-order valence-corrected chi connectivity index (χ0v) is 17.9. The summed E-state index contributed by atoms with van der Waals surface area (Å²) in [6.07, 6.45) is 4.98. The molecule has 4 rings (SSSR count). The summed E-state index contributed by atoms with van der Waals surface area (Å²) in [7, 11) is 0. The lowest BCUT2D eigenvalue weighted by Gasteiger charge is -2.22. The maximum absolute atomic E-state index is 13.4. The van der Waals surface area contributed by atoms with Crippen molar-refractivity contribution in [3.8, 4) is 0 Å². The van der Waals surface area contributed by atoms with E-state index in [0.29, 0.717) is 16.5 Å². The molecule has 1 aliphatic rings. The summed E-state index contributed by atoms with van der Waals surface area (Å²) >= 11 is 6.09. The van der Waals surface area contributed by atoms with Crippen molar-refractivity contribution >= 4 is 35.0 Å². The topological polar surface area (TPSA) is 20.3 Å². The Morgan fingerprint density at radius 2 is 1.60 bits per heavy atom. The zero-order chi connectivity index (χ0) is 21.1. The zero-order valence-electron chi connectivity index (χ0n) is 17.2. The molecule has 30 heavy (non-hydrogen) atoms. The van der Waals surface area contributed by atoms with E-state index in [2.05, 4.69) is 26.0 Å². The molecule has 0 aliphatic carbocycles. The van der Waals surface area contributed by atoms with E-state index in [0.717, 1.165) is 28.9 Å². The monoisotopic (exact) mass is 413 g/mol. The van der Waals surface area contributed by atoms with E-state index < -0.39 is 0 Å². The summed E-state index contributed by atoms with van der Waals surface area (Å²) in [6, 6.07) is 25.8. The lowest BCUT2D eigenvalue weighted by molar-refractivity contribution is -0.113. The first-order valence-electron chi connectivity index (χ1n) is 10.3. The first-order valence-corrected chi connectivity index (χ1v) is 10.6. The van der Waals surface area contributed by atoms with Crippen LogP contribution in [0, 0.1) is 0 Å². The number of benzene rings is 3. The van der Waals surface area contributed by atoms with Gasteiger partial charge in [0.15, 0.2) is 0 Å². The second-order valence-corrected chi connectivity index (χ2v) is 8.02. The van der Waals surface area contributed by atoms with Crippen molar-refractivity contribution < 1.29 is 4.79 Å². The predicted octanol–water partition coefficient (Wildman–Crippen LogP) is 7.32. The van der Waals surface area contributed by atoms with Gasteiger partial charge in [0, 0.05) is 16.3 Å². The Labute approximate surface area is 183 Å². The van der Waals surface area contributed by atoms with Crippen LogP contribution in [0.25, 0.3) is 11.8 Å². The molecule has 2 nitrogen and oxygen atoms in total. The Morgan fingerprint density at radius 1 is 0.933 bits per heavy atom. The SMILES string of the molecule is CC[C@H](C)c1ccc(N2C(=O)/C(=C/c3ccccc3)C=C2c2ccc(Cl)cc2)cc1. The Kier molecular flexibility index (Phi) is 5.87. The molecule has 0 spiro atoms. The Bertz CT molecular complexity index is 1100. The summed E-state index contributed by atoms with van der Waals surface area (Å²) in [6.45, 7) is 4.40. The van der Waals surface area contributed by atoms with Gasteiger partial charge in [-0.25, -0.2) is 0 Å². The first kappa shape index (κ1) is 20.2. The highest BCUT2D eigenvalue weighted by molar-refractivity contribution is 6.30. The van der Waals surface area contributed by atoms with Crippen LogP contribution in [0.4, 0.5) is 5.69 Å². The molecule has 1 heterocycles. The number of carbonyl (C=O) groups is 1. The van der Waals surface area contributed by atoms with Crippen LogP contribution in [0.3, 0.4) is 0 Å². The molecule has 0 saturated carbocycles. The van der Waals surface area contributed by atoms with Gasteiger partial charge >= 0.3 is 0 Å². The molecule has 0 saturated heterocycles. The van der Waals surface area contributed by atoms with Gasteiger partial charge in [0.1, 0.15) is 0 Å². The molecule has 0 bridgehead atoms. The average Bonchev–Trinajstić information content (AvgIpc) is 3.10. The fourth-order valence-electron chi connectivity index (χ4n) is 3.62. The van der Waals surface area contributed by atoms with Crippen LogP contribution < -0.4 is 4.90 Å². The van der Waals surface area contributed by atoms with Crippen molar-refractivity contribution in [1.29, 1.82) is 0 Å². The van der Waals surface area contributed by atoms with Gasteiger partial charge < -0.3 is 0 Å². The number of nitrogens with zero attached hydrogens (tertiary/aromatic N) is 1. The maximum atomic E-state index is 13.4. The molecule has 0 N–H and O–H groups in total. The van der Waals surface area contributed by atoms with Crippen LogP contribution in [0.5, 0.6) is 0 Å². The van der Waals surface area contributed by atoms with Crippen LogP contribution >= 0.6 is 11.6 Å². The van der Waals surface area contributed by atoms with Gasteiger partial charge in [-0.1, -0.05) is 80.0 Å². The molecule has 3 aromatic rings. The van der Waals surface area contributed by atoms with Gasteiger partial charge in [0.2, 0.25) is 0 Å². The maximum Gasteiger partial charge on any atom is 0.262 e. The number of hydrogen-bond donors (Lipinski definition) is 0. The van der Waals surface area contributed by atoms with Crippen LogP contribution in [0.1, 0.15) is 42.9 Å². The Morgan fingerprint density at radius 3 is 2.23 bits per heavy atom. The van der Waals surface area contributed by atoms with Crippen molar-refractivity contribution in [3.63, 3.8) is 0 Å². The van der Waals surface area contributed by atoms with Crippen LogP contribution in [0.15, 0.2) is 90.5 Å². The Balaban J connectivity index is 1.77. The van der Waals surface area contributed by atoms with E-state index in [1.165, 1.54) is 5.56 Å². The third-order valence-corrected chi connectivity index (χ3v) is 5.83. The molecule has 3 aromatic carbocycles. The molecule has 150 valence electrons. The molecule has 1 aliphatic heterocycles. The number of amides is 1. The van der Waals surface area contributed by atoms with E-state index in [-0.39, 0.29) is 5.91 Å². The third-order valence-electron chi connectivity index (χ3n) is 5.58. The minimum absolute atomic E-state index is 0.0277. The summed E-state index contributed by atoms with van der Waals surface area (Å²) in [4.78, 5) is 15.2. The smallest absolute Gasteiger partial charge is 0.262 e. The van der Waals surface area contributed by atoms with Crippen molar-refractivity contribution in [3.05, 3.63) is 112 Å². The fraction of sp³-hybridized carbons (Fsp3) is 0.148. The van der Waals surface area contributed by atoms with Gasteiger partial charge in [0.05, 0.1) is 5.70 Å². The number of halogens is 1. The van der Waals surface area contributed by atoms with Crippen LogP contribution in [0.2, 0.25) is 5.02 Å². The van der Waals surface area contributed by atoms with Crippen molar-refractivity contribution in [2.45, 2.75) is 26.2 Å². The number of rotatable bonds is 5. The largest absolute Gasteiger partial charge is 0.276 e. The van der Waals surface area contributed by atoms with Crippen molar-refractivity contribution in [1.82, 2.24) is 0 Å². The fourth-order valence-corrected chi connectivity index (χ4v) is 3.75. The van der Waals surface area contributed by atoms with Gasteiger partial charge in [-0.05, 0) is 65.4 Å². The molecule has 3 heteroatoms. The summed E-state index contributed by atoms with van der Waals surface area (Å²) in [5.74, 6) is 0.466. The molecular formula is C27H24ClNO. The second kappa shape index (κ2) is 8.73. The second-order valence-electron chi connectivity index (χ2n) is 7.59. The standard InChI is InChI=1S/C27H24ClNO/c1-3-19(2)21-11-15-25(16-12-21)29-26(22-9-13-24(28)14-10-22)18-23(27(29)30)17-20-7-5-4-6-8-20/h4-19H,3H2,1-2H3/b23-17+/t19-/m0/s1. The van der Waals surface area contributed by atoms with E-state index in [1.54, 1.807) is 4.90 Å². The molecule has 1 amide bonds. The normalized spacial score (nSPS) is 16.1. The highest BCUT2D eigenvalue weighted by Crippen LogP contribution is 2.36. The summed E-state index contributed by atoms with van der Waals surface area (Å²) < 4.78 is 0. The number of anilines is 1. The highest BCUT2D eigenvalue weighted by Gasteiger charge is 2.30. The molecule has 0 fully saturated rings. The molecular weight excluding hydrogens is 390 g/mol. The van der Waals surface area contributed by atoms with E-state index in [9.17, 15) is 4.79 Å². The van der Waals surface area contributed by atoms with E-state index in [4.69, 9.17) is 11.6 Å². The quantitative estimate of drug-likeness (QED) is 0.401. The van der Waals surface area contributed by atoms with Crippen LogP contribution in [-0.4, -0.2) is 5.91 Å². The predicted molar refractivity (Wildman–Crippen MR) is 126 cm³/mol. The first-order chi connectivity index (χ1) is 14.6. The molecule has 1 atom stereocenters. The van der Waals surface area contributed by atoms with Crippen molar-refractivity contribution in [2.75, 3.05) is 4.90 Å². The highest BCUT2D eigenvalue weighted by atomic mass is 35.5. The van der Waals surface area contributed by atoms with E-state index in [1.807, 2.05) is 78.9 Å². The minimum Gasteiger partial charge on any atom is -0.276 e. The molecule has 0 radical (unpaired) electrons.